The fourth-order valence-electron chi connectivity index (χ4n) is 2.33. The van der Waals surface area contributed by atoms with Crippen molar-refractivity contribution in [3.05, 3.63) is 18.1 Å². The summed E-state index contributed by atoms with van der Waals surface area (Å²) in [5.41, 5.74) is -0.901. The SMILES string of the molecule is CCC1(C)OB(c2cnc(OC(C)C(F)(F)F)c(F)c2)OC1(C)C. The van der Waals surface area contributed by atoms with Crippen LogP contribution in [0.25, 0.3) is 0 Å². The highest BCUT2D eigenvalue weighted by atomic mass is 19.4. The number of ether oxygens (including phenoxy) is 1. The largest absolute Gasteiger partial charge is 0.496 e. The molecular formula is C15H20BF4NO3. The Morgan fingerprint density at radius 3 is 2.38 bits per heavy atom. The van der Waals surface area contributed by atoms with Crippen LogP contribution in [-0.4, -0.2) is 35.6 Å². The molecule has 0 aromatic carbocycles. The summed E-state index contributed by atoms with van der Waals surface area (Å²) in [7, 11) is -0.846. The van der Waals surface area contributed by atoms with Gasteiger partial charge in [0.25, 0.3) is 5.88 Å². The smallest absolute Gasteiger partial charge is 0.463 e. The number of halogens is 4. The highest BCUT2D eigenvalue weighted by Crippen LogP contribution is 2.39. The molecule has 4 nitrogen and oxygen atoms in total. The molecule has 0 N–H and O–H groups in total. The highest BCUT2D eigenvalue weighted by Gasteiger charge is 2.53. The highest BCUT2D eigenvalue weighted by molar-refractivity contribution is 6.62. The predicted molar refractivity (Wildman–Crippen MR) is 80.7 cm³/mol. The first-order chi connectivity index (χ1) is 10.9. The van der Waals surface area contributed by atoms with Crippen LogP contribution in [0.3, 0.4) is 0 Å². The monoisotopic (exact) mass is 349 g/mol. The van der Waals surface area contributed by atoms with Crippen molar-refractivity contribution in [3.63, 3.8) is 0 Å². The van der Waals surface area contributed by atoms with E-state index in [1.54, 1.807) is 0 Å². The van der Waals surface area contributed by atoms with Crippen LogP contribution in [0.4, 0.5) is 17.6 Å². The Morgan fingerprint density at radius 2 is 1.92 bits per heavy atom. The molecule has 0 bridgehead atoms. The maximum Gasteiger partial charge on any atom is 0.496 e. The lowest BCUT2D eigenvalue weighted by atomic mass is 9.80. The molecule has 0 radical (unpaired) electrons. The van der Waals surface area contributed by atoms with Gasteiger partial charge in [-0.15, -0.1) is 0 Å². The van der Waals surface area contributed by atoms with Crippen molar-refractivity contribution in [1.82, 2.24) is 4.98 Å². The van der Waals surface area contributed by atoms with Crippen LogP contribution in [0, 0.1) is 5.82 Å². The standard InChI is InChI=1S/C15H20BF4NO3/c1-6-14(5)13(3,4)23-16(24-14)10-7-11(17)12(21-8-10)22-9(2)15(18,19)20/h7-9H,6H2,1-5H3. The molecule has 2 atom stereocenters. The van der Waals surface area contributed by atoms with Gasteiger partial charge in [0.1, 0.15) is 0 Å². The van der Waals surface area contributed by atoms with Gasteiger partial charge in [-0.1, -0.05) is 6.92 Å². The lowest BCUT2D eigenvalue weighted by molar-refractivity contribution is -0.190. The summed E-state index contributed by atoms with van der Waals surface area (Å²) < 4.78 is 67.8. The zero-order valence-electron chi connectivity index (χ0n) is 14.2. The number of rotatable bonds is 4. The number of nitrogens with zero attached hydrogens (tertiary/aromatic N) is 1. The van der Waals surface area contributed by atoms with E-state index >= 15 is 0 Å². The van der Waals surface area contributed by atoms with Gasteiger partial charge in [0.15, 0.2) is 11.9 Å². The van der Waals surface area contributed by atoms with Crippen LogP contribution in [0.5, 0.6) is 5.88 Å². The minimum Gasteiger partial charge on any atom is -0.463 e. The molecule has 0 spiro atoms. The fourth-order valence-corrected chi connectivity index (χ4v) is 2.33. The summed E-state index contributed by atoms with van der Waals surface area (Å²) in [4.78, 5) is 3.64. The van der Waals surface area contributed by atoms with E-state index in [2.05, 4.69) is 9.72 Å². The molecule has 1 fully saturated rings. The average Bonchev–Trinajstić information content (AvgIpc) is 2.71. The minimum atomic E-state index is -4.60. The topological polar surface area (TPSA) is 40.6 Å². The molecule has 1 aromatic heterocycles. The van der Waals surface area contributed by atoms with E-state index in [0.29, 0.717) is 6.42 Å². The van der Waals surface area contributed by atoms with Crippen LogP contribution in [0.2, 0.25) is 0 Å². The van der Waals surface area contributed by atoms with Crippen molar-refractivity contribution in [2.45, 2.75) is 64.5 Å². The van der Waals surface area contributed by atoms with Crippen LogP contribution >= 0.6 is 0 Å². The van der Waals surface area contributed by atoms with Gasteiger partial charge in [-0.25, -0.2) is 9.37 Å². The Labute approximate surface area is 138 Å². The third kappa shape index (κ3) is 3.51. The zero-order chi connectivity index (χ0) is 18.3. The van der Waals surface area contributed by atoms with Crippen LogP contribution < -0.4 is 10.2 Å². The van der Waals surface area contributed by atoms with Crippen molar-refractivity contribution in [1.29, 1.82) is 0 Å². The van der Waals surface area contributed by atoms with Crippen molar-refractivity contribution in [3.8, 4) is 5.88 Å². The Morgan fingerprint density at radius 1 is 1.29 bits per heavy atom. The third-order valence-corrected chi connectivity index (χ3v) is 4.57. The van der Waals surface area contributed by atoms with E-state index in [4.69, 9.17) is 9.31 Å². The molecule has 1 aliphatic heterocycles. The molecule has 1 aliphatic rings. The van der Waals surface area contributed by atoms with Gasteiger partial charge < -0.3 is 14.0 Å². The Bertz CT molecular complexity index is 611. The van der Waals surface area contributed by atoms with E-state index in [-0.39, 0.29) is 5.46 Å². The average molecular weight is 349 g/mol. The van der Waals surface area contributed by atoms with Gasteiger partial charge in [0.05, 0.1) is 11.2 Å². The molecule has 0 saturated carbocycles. The molecule has 2 rings (SSSR count). The van der Waals surface area contributed by atoms with E-state index in [0.717, 1.165) is 13.0 Å². The maximum atomic E-state index is 14.1. The Hall–Kier alpha value is -1.35. The quantitative estimate of drug-likeness (QED) is 0.618. The van der Waals surface area contributed by atoms with Gasteiger partial charge in [-0.05, 0) is 40.2 Å². The molecule has 0 amide bonds. The summed E-state index contributed by atoms with van der Waals surface area (Å²) in [5.74, 6) is -1.71. The summed E-state index contributed by atoms with van der Waals surface area (Å²) in [6, 6.07) is 1.02. The predicted octanol–water partition coefficient (Wildman–Crippen LogP) is 3.24. The van der Waals surface area contributed by atoms with E-state index < -0.39 is 42.3 Å². The lowest BCUT2D eigenvalue weighted by Gasteiger charge is -2.35. The maximum absolute atomic E-state index is 14.1. The first-order valence-electron chi connectivity index (χ1n) is 7.64. The van der Waals surface area contributed by atoms with Gasteiger partial charge in [-0.3, -0.25) is 0 Å². The molecule has 24 heavy (non-hydrogen) atoms. The fraction of sp³-hybridized carbons (Fsp3) is 0.667. The van der Waals surface area contributed by atoms with Gasteiger partial charge in [-0.2, -0.15) is 13.2 Å². The lowest BCUT2D eigenvalue weighted by Crippen LogP contribution is -2.44. The second-order valence-corrected chi connectivity index (χ2v) is 6.52. The van der Waals surface area contributed by atoms with Crippen molar-refractivity contribution < 1.29 is 31.6 Å². The van der Waals surface area contributed by atoms with Gasteiger partial charge in [0.2, 0.25) is 0 Å². The molecule has 2 unspecified atom stereocenters. The molecule has 1 saturated heterocycles. The molecule has 9 heteroatoms. The number of alkyl halides is 3. The van der Waals surface area contributed by atoms with Crippen LogP contribution in [0.1, 0.15) is 41.0 Å². The second-order valence-electron chi connectivity index (χ2n) is 6.52. The summed E-state index contributed by atoms with van der Waals surface area (Å²) in [6.45, 7) is 8.35. The first-order valence-corrected chi connectivity index (χ1v) is 7.64. The molecule has 0 aliphatic carbocycles. The van der Waals surface area contributed by atoms with Crippen molar-refractivity contribution >= 4 is 12.6 Å². The number of hydrogen-bond acceptors (Lipinski definition) is 4. The number of aromatic nitrogens is 1. The van der Waals surface area contributed by atoms with E-state index in [1.165, 1.54) is 6.20 Å². The Balaban J connectivity index is 2.19. The van der Waals surface area contributed by atoms with Crippen molar-refractivity contribution in [2.75, 3.05) is 0 Å². The Kier molecular flexibility index (Phi) is 4.89. The van der Waals surface area contributed by atoms with Gasteiger partial charge in [0, 0.05) is 11.7 Å². The molecular weight excluding hydrogens is 329 g/mol. The van der Waals surface area contributed by atoms with Crippen LogP contribution in [0.15, 0.2) is 12.3 Å². The number of hydrogen-bond donors (Lipinski definition) is 0. The zero-order valence-corrected chi connectivity index (χ0v) is 14.2. The second kappa shape index (κ2) is 6.18. The summed E-state index contributed by atoms with van der Waals surface area (Å²) >= 11 is 0. The number of pyridine rings is 1. The molecule has 134 valence electrons. The van der Waals surface area contributed by atoms with E-state index in [9.17, 15) is 17.6 Å². The first kappa shape index (κ1) is 19.0. The molecule has 2 heterocycles. The normalized spacial score (nSPS) is 25.0. The summed E-state index contributed by atoms with van der Waals surface area (Å²) in [5, 5.41) is 0. The third-order valence-electron chi connectivity index (χ3n) is 4.57. The van der Waals surface area contributed by atoms with Gasteiger partial charge >= 0.3 is 13.3 Å². The molecule has 1 aromatic rings. The summed E-state index contributed by atoms with van der Waals surface area (Å²) in [6.07, 6.45) is -4.88. The van der Waals surface area contributed by atoms with E-state index in [1.807, 2.05) is 27.7 Å². The van der Waals surface area contributed by atoms with Crippen molar-refractivity contribution in [2.24, 2.45) is 0 Å². The van der Waals surface area contributed by atoms with Crippen LogP contribution in [-0.2, 0) is 9.31 Å². The minimum absolute atomic E-state index is 0.282.